The summed E-state index contributed by atoms with van der Waals surface area (Å²) in [6, 6.07) is 13.7. The van der Waals surface area contributed by atoms with Crippen LogP contribution in [-0.4, -0.2) is 47.6 Å². The molecule has 0 unspecified atom stereocenters. The largest absolute Gasteiger partial charge is 0.366 e. The van der Waals surface area contributed by atoms with E-state index in [0.717, 1.165) is 75.0 Å². The molecule has 3 heterocycles. The Morgan fingerprint density at radius 3 is 2.48 bits per heavy atom. The molecule has 5 rings (SSSR count). The molecule has 7 heteroatoms. The smallest absolute Gasteiger partial charge is 0.225 e. The molecular weight excluding hydrogens is 396 g/mol. The second-order valence-electron chi connectivity index (χ2n) is 8.16. The SMILES string of the molecule is Fc1cccc(CN2CCc3nc(N4CCN(c5ccccc5F)CC4)ncc3C2)c1. The van der Waals surface area contributed by atoms with Crippen LogP contribution in [0.25, 0.3) is 0 Å². The van der Waals surface area contributed by atoms with Crippen LogP contribution >= 0.6 is 0 Å². The van der Waals surface area contributed by atoms with Crippen molar-refractivity contribution >= 4 is 11.6 Å². The van der Waals surface area contributed by atoms with Gasteiger partial charge in [0, 0.05) is 64.0 Å². The summed E-state index contributed by atoms with van der Waals surface area (Å²) in [5, 5.41) is 0. The maximum Gasteiger partial charge on any atom is 0.225 e. The van der Waals surface area contributed by atoms with Crippen LogP contribution in [0.5, 0.6) is 0 Å². The van der Waals surface area contributed by atoms with Gasteiger partial charge in [-0.2, -0.15) is 0 Å². The molecule has 0 amide bonds. The molecule has 0 bridgehead atoms. The molecule has 160 valence electrons. The number of hydrogen-bond acceptors (Lipinski definition) is 5. The third kappa shape index (κ3) is 4.37. The number of anilines is 2. The first-order valence-corrected chi connectivity index (χ1v) is 10.7. The van der Waals surface area contributed by atoms with Crippen LogP contribution in [0, 0.1) is 11.6 Å². The number of nitrogens with zero attached hydrogens (tertiary/aromatic N) is 5. The third-order valence-corrected chi connectivity index (χ3v) is 6.05. The lowest BCUT2D eigenvalue weighted by atomic mass is 10.1. The molecule has 2 aliphatic heterocycles. The molecule has 0 atom stereocenters. The molecule has 3 aromatic rings. The molecule has 0 radical (unpaired) electrons. The highest BCUT2D eigenvalue weighted by atomic mass is 19.1. The molecule has 2 aliphatic rings. The van der Waals surface area contributed by atoms with Gasteiger partial charge in [0.1, 0.15) is 11.6 Å². The van der Waals surface area contributed by atoms with Gasteiger partial charge in [-0.3, -0.25) is 4.90 Å². The van der Waals surface area contributed by atoms with Gasteiger partial charge in [0.2, 0.25) is 5.95 Å². The Morgan fingerprint density at radius 1 is 0.871 bits per heavy atom. The Hall–Kier alpha value is -3.06. The summed E-state index contributed by atoms with van der Waals surface area (Å²) in [6.45, 7) is 5.38. The van der Waals surface area contributed by atoms with Crippen molar-refractivity contribution in [3.05, 3.63) is 83.2 Å². The predicted octanol–water partition coefficient (Wildman–Crippen LogP) is 3.64. The van der Waals surface area contributed by atoms with Crippen LogP contribution in [0.4, 0.5) is 20.4 Å². The van der Waals surface area contributed by atoms with E-state index in [2.05, 4.69) is 19.7 Å². The lowest BCUT2D eigenvalue weighted by molar-refractivity contribution is 0.242. The molecule has 31 heavy (non-hydrogen) atoms. The Balaban J connectivity index is 1.22. The van der Waals surface area contributed by atoms with E-state index in [-0.39, 0.29) is 11.6 Å². The molecule has 0 spiro atoms. The van der Waals surface area contributed by atoms with Crippen molar-refractivity contribution in [2.75, 3.05) is 42.5 Å². The highest BCUT2D eigenvalue weighted by Crippen LogP contribution is 2.24. The van der Waals surface area contributed by atoms with E-state index in [4.69, 9.17) is 4.98 Å². The number of rotatable bonds is 4. The minimum absolute atomic E-state index is 0.177. The first-order chi connectivity index (χ1) is 15.2. The second-order valence-corrected chi connectivity index (χ2v) is 8.16. The Bertz CT molecular complexity index is 1070. The summed E-state index contributed by atoms with van der Waals surface area (Å²) in [4.78, 5) is 16.0. The van der Waals surface area contributed by atoms with Crippen LogP contribution in [0.1, 0.15) is 16.8 Å². The van der Waals surface area contributed by atoms with E-state index in [9.17, 15) is 8.78 Å². The fraction of sp³-hybridized carbons (Fsp3) is 0.333. The lowest BCUT2D eigenvalue weighted by Gasteiger charge is -2.36. The zero-order chi connectivity index (χ0) is 21.2. The van der Waals surface area contributed by atoms with Gasteiger partial charge < -0.3 is 9.80 Å². The van der Waals surface area contributed by atoms with E-state index in [0.29, 0.717) is 5.69 Å². The number of benzene rings is 2. The predicted molar refractivity (Wildman–Crippen MR) is 117 cm³/mol. The van der Waals surface area contributed by atoms with Gasteiger partial charge in [-0.25, -0.2) is 18.7 Å². The summed E-state index contributed by atoms with van der Waals surface area (Å²) in [6.07, 6.45) is 2.79. The Kier molecular flexibility index (Phi) is 5.51. The molecule has 5 nitrogen and oxygen atoms in total. The normalized spacial score (nSPS) is 17.0. The Morgan fingerprint density at radius 2 is 1.68 bits per heavy atom. The minimum atomic E-state index is -0.196. The van der Waals surface area contributed by atoms with Crippen molar-refractivity contribution < 1.29 is 8.78 Å². The number of hydrogen-bond donors (Lipinski definition) is 0. The van der Waals surface area contributed by atoms with Crippen molar-refractivity contribution in [2.24, 2.45) is 0 Å². The summed E-state index contributed by atoms with van der Waals surface area (Å²) in [7, 11) is 0. The fourth-order valence-corrected chi connectivity index (χ4v) is 4.40. The van der Waals surface area contributed by atoms with Gasteiger partial charge in [-0.1, -0.05) is 24.3 Å². The number of fused-ring (bicyclic) bond motifs is 1. The van der Waals surface area contributed by atoms with Crippen molar-refractivity contribution in [1.29, 1.82) is 0 Å². The summed E-state index contributed by atoms with van der Waals surface area (Å²) in [5.41, 5.74) is 3.87. The summed E-state index contributed by atoms with van der Waals surface area (Å²) < 4.78 is 27.5. The summed E-state index contributed by atoms with van der Waals surface area (Å²) in [5.74, 6) is 0.382. The molecule has 0 saturated carbocycles. The van der Waals surface area contributed by atoms with Crippen molar-refractivity contribution in [3.8, 4) is 0 Å². The van der Waals surface area contributed by atoms with Crippen molar-refractivity contribution in [3.63, 3.8) is 0 Å². The fourth-order valence-electron chi connectivity index (χ4n) is 4.40. The van der Waals surface area contributed by atoms with Gasteiger partial charge in [0.25, 0.3) is 0 Å². The lowest BCUT2D eigenvalue weighted by Crippen LogP contribution is -2.47. The topological polar surface area (TPSA) is 35.5 Å². The number of para-hydroxylation sites is 1. The van der Waals surface area contributed by atoms with Gasteiger partial charge in [0.05, 0.1) is 11.4 Å². The zero-order valence-electron chi connectivity index (χ0n) is 17.3. The highest BCUT2D eigenvalue weighted by Gasteiger charge is 2.23. The molecule has 1 fully saturated rings. The van der Waals surface area contributed by atoms with E-state index in [1.807, 2.05) is 24.4 Å². The van der Waals surface area contributed by atoms with Gasteiger partial charge in [-0.15, -0.1) is 0 Å². The second kappa shape index (κ2) is 8.59. The van der Waals surface area contributed by atoms with E-state index >= 15 is 0 Å². The van der Waals surface area contributed by atoms with E-state index < -0.39 is 0 Å². The van der Waals surface area contributed by atoms with Crippen LogP contribution in [-0.2, 0) is 19.5 Å². The highest BCUT2D eigenvalue weighted by molar-refractivity contribution is 5.49. The van der Waals surface area contributed by atoms with Crippen molar-refractivity contribution in [2.45, 2.75) is 19.5 Å². The maximum absolute atomic E-state index is 14.1. The van der Waals surface area contributed by atoms with Gasteiger partial charge >= 0.3 is 0 Å². The summed E-state index contributed by atoms with van der Waals surface area (Å²) >= 11 is 0. The van der Waals surface area contributed by atoms with Gasteiger partial charge in [-0.05, 0) is 29.8 Å². The number of piperazine rings is 1. The molecule has 1 saturated heterocycles. The first kappa shape index (κ1) is 19.9. The average Bonchev–Trinajstić information content (AvgIpc) is 2.79. The molecule has 2 aromatic carbocycles. The third-order valence-electron chi connectivity index (χ3n) is 6.05. The molecule has 1 aromatic heterocycles. The van der Waals surface area contributed by atoms with Crippen LogP contribution < -0.4 is 9.80 Å². The molecule has 0 N–H and O–H groups in total. The van der Waals surface area contributed by atoms with Crippen LogP contribution in [0.3, 0.4) is 0 Å². The zero-order valence-corrected chi connectivity index (χ0v) is 17.3. The number of aromatic nitrogens is 2. The Labute approximate surface area is 181 Å². The average molecular weight is 421 g/mol. The first-order valence-electron chi connectivity index (χ1n) is 10.7. The van der Waals surface area contributed by atoms with Crippen LogP contribution in [0.15, 0.2) is 54.7 Å². The van der Waals surface area contributed by atoms with E-state index in [1.165, 1.54) is 12.1 Å². The molecular formula is C24H25F2N5. The quantitative estimate of drug-likeness (QED) is 0.643. The number of halogens is 2. The molecule has 0 aliphatic carbocycles. The van der Waals surface area contributed by atoms with Crippen molar-refractivity contribution in [1.82, 2.24) is 14.9 Å². The maximum atomic E-state index is 14.1. The standard InChI is InChI=1S/C24H25F2N5/c25-20-5-3-4-18(14-20)16-29-9-8-22-19(17-29)15-27-24(28-22)31-12-10-30(11-13-31)23-7-2-1-6-21(23)26/h1-7,14-15H,8-13,16-17H2. The van der Waals surface area contributed by atoms with E-state index in [1.54, 1.807) is 18.2 Å². The minimum Gasteiger partial charge on any atom is -0.366 e. The van der Waals surface area contributed by atoms with Gasteiger partial charge in [0.15, 0.2) is 0 Å². The monoisotopic (exact) mass is 421 g/mol. The van der Waals surface area contributed by atoms with Crippen LogP contribution in [0.2, 0.25) is 0 Å².